The first-order chi connectivity index (χ1) is 11.3. The first kappa shape index (κ1) is 20.1. The van der Waals surface area contributed by atoms with Crippen molar-refractivity contribution in [1.82, 2.24) is 5.32 Å². The second-order valence-electron chi connectivity index (χ2n) is 5.13. The highest BCUT2D eigenvalue weighted by atomic mass is 28.4. The molecule has 0 fully saturated rings. The molecular formula is C17H32N2O3Si. The van der Waals surface area contributed by atoms with Gasteiger partial charge in [0.25, 0.3) is 0 Å². The largest absolute Gasteiger partial charge is 0.500 e. The highest BCUT2D eigenvalue weighted by molar-refractivity contribution is 6.60. The fourth-order valence-corrected chi connectivity index (χ4v) is 5.02. The van der Waals surface area contributed by atoms with E-state index in [1.807, 2.05) is 39.0 Å². The van der Waals surface area contributed by atoms with Gasteiger partial charge in [0, 0.05) is 44.6 Å². The van der Waals surface area contributed by atoms with Gasteiger partial charge in [0.1, 0.15) is 0 Å². The van der Waals surface area contributed by atoms with Gasteiger partial charge < -0.3 is 23.9 Å². The van der Waals surface area contributed by atoms with Gasteiger partial charge in [-0.05, 0) is 45.9 Å². The van der Waals surface area contributed by atoms with Crippen LogP contribution in [0.25, 0.3) is 0 Å². The topological polar surface area (TPSA) is 51.8 Å². The van der Waals surface area contributed by atoms with Gasteiger partial charge in [-0.15, -0.1) is 0 Å². The molecule has 0 unspecified atom stereocenters. The van der Waals surface area contributed by atoms with E-state index in [4.69, 9.17) is 13.3 Å². The van der Waals surface area contributed by atoms with Crippen molar-refractivity contribution >= 4 is 14.5 Å². The molecule has 23 heavy (non-hydrogen) atoms. The summed E-state index contributed by atoms with van der Waals surface area (Å²) in [6.45, 7) is 10.7. The summed E-state index contributed by atoms with van der Waals surface area (Å²) in [5, 5.41) is 6.83. The van der Waals surface area contributed by atoms with Crippen molar-refractivity contribution in [1.29, 1.82) is 0 Å². The smallest absolute Gasteiger partial charge is 0.384 e. The standard InChI is InChI=1S/C17H32N2O3Si/c1-4-20-23(21-5-2,22-6-3)16-10-13-18-14-15-19-17-11-8-7-9-12-17/h7-9,11-12,18-19H,4-6,10,13-16H2,1-3H3. The van der Waals surface area contributed by atoms with Crippen molar-refractivity contribution in [2.75, 3.05) is 44.8 Å². The molecule has 6 heteroatoms. The quantitative estimate of drug-likeness (QED) is 0.402. The van der Waals surface area contributed by atoms with E-state index in [9.17, 15) is 0 Å². The van der Waals surface area contributed by atoms with Crippen LogP contribution in [-0.4, -0.2) is 48.3 Å². The van der Waals surface area contributed by atoms with Gasteiger partial charge in [-0.3, -0.25) is 0 Å². The normalized spacial score (nSPS) is 11.6. The molecule has 0 aliphatic heterocycles. The maximum Gasteiger partial charge on any atom is 0.500 e. The van der Waals surface area contributed by atoms with Crippen molar-refractivity contribution in [2.24, 2.45) is 0 Å². The Bertz CT molecular complexity index is 376. The number of hydrogen-bond donors (Lipinski definition) is 2. The minimum atomic E-state index is -2.47. The zero-order valence-corrected chi connectivity index (χ0v) is 15.8. The average molecular weight is 341 g/mol. The molecule has 0 heterocycles. The summed E-state index contributed by atoms with van der Waals surface area (Å²) in [6.07, 6.45) is 0.998. The Morgan fingerprint density at radius 3 is 2.00 bits per heavy atom. The lowest BCUT2D eigenvalue weighted by atomic mass is 10.3. The highest BCUT2D eigenvalue weighted by Gasteiger charge is 2.39. The Morgan fingerprint density at radius 2 is 1.43 bits per heavy atom. The maximum absolute atomic E-state index is 5.85. The zero-order chi connectivity index (χ0) is 16.8. The molecule has 0 atom stereocenters. The van der Waals surface area contributed by atoms with Crippen LogP contribution in [0.4, 0.5) is 5.69 Å². The maximum atomic E-state index is 5.85. The van der Waals surface area contributed by atoms with Crippen LogP contribution in [0, 0.1) is 0 Å². The third-order valence-corrected chi connectivity index (χ3v) is 6.49. The van der Waals surface area contributed by atoms with E-state index in [0.29, 0.717) is 19.8 Å². The number of rotatable bonds is 14. The van der Waals surface area contributed by atoms with E-state index >= 15 is 0 Å². The van der Waals surface area contributed by atoms with Gasteiger partial charge in [-0.25, -0.2) is 0 Å². The molecule has 0 bridgehead atoms. The molecule has 1 aromatic carbocycles. The van der Waals surface area contributed by atoms with Crippen molar-refractivity contribution in [3.63, 3.8) is 0 Å². The summed E-state index contributed by atoms with van der Waals surface area (Å²) in [4.78, 5) is 0. The van der Waals surface area contributed by atoms with Crippen LogP contribution in [0.5, 0.6) is 0 Å². The lowest BCUT2D eigenvalue weighted by molar-refractivity contribution is 0.0708. The van der Waals surface area contributed by atoms with Crippen LogP contribution < -0.4 is 10.6 Å². The number of hydrogen-bond acceptors (Lipinski definition) is 5. The van der Waals surface area contributed by atoms with Crippen molar-refractivity contribution in [3.05, 3.63) is 30.3 Å². The van der Waals surface area contributed by atoms with Crippen molar-refractivity contribution < 1.29 is 13.3 Å². The molecule has 1 rings (SSSR count). The van der Waals surface area contributed by atoms with Crippen LogP contribution in [0.3, 0.4) is 0 Å². The molecule has 0 amide bonds. The predicted octanol–water partition coefficient (Wildman–Crippen LogP) is 3.13. The van der Waals surface area contributed by atoms with E-state index < -0.39 is 8.80 Å². The molecule has 0 spiro atoms. The minimum Gasteiger partial charge on any atom is -0.384 e. The Hall–Kier alpha value is -0.923. The van der Waals surface area contributed by atoms with Crippen LogP contribution >= 0.6 is 0 Å². The lowest BCUT2D eigenvalue weighted by Gasteiger charge is -2.28. The molecule has 0 aromatic heterocycles. The fourth-order valence-electron chi connectivity index (χ4n) is 2.41. The predicted molar refractivity (Wildman–Crippen MR) is 97.9 cm³/mol. The molecule has 5 nitrogen and oxygen atoms in total. The third kappa shape index (κ3) is 8.48. The first-order valence-electron chi connectivity index (χ1n) is 8.67. The Balaban J connectivity index is 2.17. The molecule has 132 valence electrons. The lowest BCUT2D eigenvalue weighted by Crippen LogP contribution is -2.46. The number of anilines is 1. The summed E-state index contributed by atoms with van der Waals surface area (Å²) < 4.78 is 17.6. The third-order valence-electron chi connectivity index (χ3n) is 3.33. The van der Waals surface area contributed by atoms with Gasteiger partial charge >= 0.3 is 8.80 Å². The number of nitrogens with one attached hydrogen (secondary N) is 2. The highest BCUT2D eigenvalue weighted by Crippen LogP contribution is 2.17. The van der Waals surface area contributed by atoms with Crippen molar-refractivity contribution in [3.8, 4) is 0 Å². The SMILES string of the molecule is CCO[Si](CCCNCCNc1ccccc1)(OCC)OCC. The summed E-state index contributed by atoms with van der Waals surface area (Å²) in [5.41, 5.74) is 1.16. The van der Waals surface area contributed by atoms with Gasteiger partial charge in [0.2, 0.25) is 0 Å². The summed E-state index contributed by atoms with van der Waals surface area (Å²) in [6, 6.07) is 11.1. The second-order valence-corrected chi connectivity index (χ2v) is 7.86. The summed E-state index contributed by atoms with van der Waals surface area (Å²) >= 11 is 0. The first-order valence-corrected chi connectivity index (χ1v) is 10.6. The monoisotopic (exact) mass is 340 g/mol. The summed E-state index contributed by atoms with van der Waals surface area (Å²) in [7, 11) is -2.47. The average Bonchev–Trinajstić information content (AvgIpc) is 2.56. The zero-order valence-electron chi connectivity index (χ0n) is 14.8. The molecular weight excluding hydrogens is 308 g/mol. The van der Waals surface area contributed by atoms with E-state index in [-0.39, 0.29) is 0 Å². The molecule has 0 aliphatic carbocycles. The van der Waals surface area contributed by atoms with Crippen LogP contribution in [0.1, 0.15) is 27.2 Å². The van der Waals surface area contributed by atoms with Gasteiger partial charge in [0.15, 0.2) is 0 Å². The van der Waals surface area contributed by atoms with Crippen LogP contribution in [0.2, 0.25) is 6.04 Å². The minimum absolute atomic E-state index is 0.640. The molecule has 0 saturated carbocycles. The van der Waals surface area contributed by atoms with Gasteiger partial charge in [-0.2, -0.15) is 0 Å². The van der Waals surface area contributed by atoms with Gasteiger partial charge in [0.05, 0.1) is 0 Å². The second kappa shape index (κ2) is 12.5. The summed E-state index contributed by atoms with van der Waals surface area (Å²) in [5.74, 6) is 0. The van der Waals surface area contributed by atoms with Crippen molar-refractivity contribution in [2.45, 2.75) is 33.2 Å². The Kier molecular flexibility index (Phi) is 10.9. The van der Waals surface area contributed by atoms with E-state index in [1.165, 1.54) is 0 Å². The number of para-hydroxylation sites is 1. The van der Waals surface area contributed by atoms with Crippen LogP contribution in [0.15, 0.2) is 30.3 Å². The molecule has 1 aromatic rings. The van der Waals surface area contributed by atoms with E-state index in [1.54, 1.807) is 0 Å². The molecule has 0 saturated heterocycles. The van der Waals surface area contributed by atoms with Gasteiger partial charge in [-0.1, -0.05) is 18.2 Å². The van der Waals surface area contributed by atoms with Crippen LogP contribution in [-0.2, 0) is 13.3 Å². The fraction of sp³-hybridized carbons (Fsp3) is 0.647. The Labute approximate surface area is 142 Å². The van der Waals surface area contributed by atoms with E-state index in [0.717, 1.165) is 37.8 Å². The molecule has 0 radical (unpaired) electrons. The Morgan fingerprint density at radius 1 is 0.826 bits per heavy atom. The molecule has 2 N–H and O–H groups in total. The molecule has 0 aliphatic rings. The number of benzene rings is 1. The van der Waals surface area contributed by atoms with E-state index in [2.05, 4.69) is 22.8 Å².